The molecule has 0 spiro atoms. The maximum absolute atomic E-state index is 13.1. The molecule has 576 valence electrons. The monoisotopic (exact) mass is 1420 g/mol. The zero-order valence-electron chi connectivity index (χ0n) is 63.4. The van der Waals surface area contributed by atoms with E-state index >= 15 is 0 Å². The lowest BCUT2D eigenvalue weighted by atomic mass is 9.99. The Morgan fingerprint density at radius 3 is 0.732 bits per heavy atom. The number of hydrogen-bond donors (Lipinski definition) is 3. The third-order valence-electron chi connectivity index (χ3n) is 18.9. The van der Waals surface area contributed by atoms with Gasteiger partial charge in [0, 0.05) is 25.7 Å². The molecule has 7 atom stereocenters. The van der Waals surface area contributed by atoms with Crippen LogP contribution in [0.25, 0.3) is 0 Å². The van der Waals surface area contributed by atoms with Crippen LogP contribution in [-0.4, -0.2) is 96.7 Å². The van der Waals surface area contributed by atoms with E-state index in [9.17, 15) is 43.2 Å². The van der Waals surface area contributed by atoms with E-state index in [1.165, 1.54) is 225 Å². The van der Waals surface area contributed by atoms with Gasteiger partial charge < -0.3 is 33.8 Å². The number of ether oxygens (including phenoxy) is 4. The molecule has 0 aliphatic carbocycles. The summed E-state index contributed by atoms with van der Waals surface area (Å²) in [5.74, 6) is -0.525. The number of aliphatic hydroxyl groups is 1. The largest absolute Gasteiger partial charge is 0.472 e. The highest BCUT2D eigenvalue weighted by atomic mass is 31.2. The first-order valence-electron chi connectivity index (χ1n) is 40.6. The van der Waals surface area contributed by atoms with Crippen molar-refractivity contribution in [3.8, 4) is 0 Å². The maximum Gasteiger partial charge on any atom is 0.472 e. The summed E-state index contributed by atoms with van der Waals surface area (Å²) in [6.45, 7) is 9.62. The van der Waals surface area contributed by atoms with Crippen molar-refractivity contribution in [3.05, 3.63) is 0 Å². The van der Waals surface area contributed by atoms with Gasteiger partial charge in [-0.2, -0.15) is 0 Å². The fourth-order valence-corrected chi connectivity index (χ4v) is 13.5. The number of hydrogen-bond acceptors (Lipinski definition) is 15. The second-order valence-electron chi connectivity index (χ2n) is 28.6. The first-order chi connectivity index (χ1) is 46.9. The standard InChI is InChI=1S/C78H152O17P2/c1-7-11-13-15-17-19-21-22-27-31-34-38-42-49-55-61-76(81)88-66-73(94-77(82)62-56-50-43-39-35-32-29-26-24-23-25-28-30-33-36-40-46-52-58-70(5)9-3)68-92-96(84,85)90-64-72(79)65-91-97(86,87)93-69-74(95-78(83)63-57-51-45-44-47-53-59-71(6)10-4)67-89-75(80)60-54-48-41-37-20-18-16-14-12-8-2/h70-74,79H,7-69H2,1-6H3,(H,84,85)(H,86,87)/t70?,71?,72-,73-,74-/m1/s1. The number of unbranched alkanes of at least 4 members (excludes halogenated alkanes) is 45. The zero-order chi connectivity index (χ0) is 71.4. The summed E-state index contributed by atoms with van der Waals surface area (Å²) >= 11 is 0. The highest BCUT2D eigenvalue weighted by Gasteiger charge is 2.30. The van der Waals surface area contributed by atoms with Crippen molar-refractivity contribution >= 4 is 39.5 Å². The Hall–Kier alpha value is -1.94. The van der Waals surface area contributed by atoms with Crippen molar-refractivity contribution < 1.29 is 80.2 Å². The lowest BCUT2D eigenvalue weighted by molar-refractivity contribution is -0.161. The Morgan fingerprint density at radius 1 is 0.289 bits per heavy atom. The van der Waals surface area contributed by atoms with E-state index in [-0.39, 0.29) is 25.7 Å². The molecule has 0 aromatic carbocycles. The van der Waals surface area contributed by atoms with Crippen LogP contribution in [-0.2, 0) is 65.4 Å². The zero-order valence-corrected chi connectivity index (χ0v) is 65.2. The Bertz CT molecular complexity index is 1880. The van der Waals surface area contributed by atoms with Gasteiger partial charge in [-0.05, 0) is 37.5 Å². The Labute approximate surface area is 594 Å². The van der Waals surface area contributed by atoms with Gasteiger partial charge in [0.05, 0.1) is 26.4 Å². The average molecular weight is 1420 g/mol. The van der Waals surface area contributed by atoms with E-state index < -0.39 is 97.5 Å². The van der Waals surface area contributed by atoms with Crippen molar-refractivity contribution in [2.24, 2.45) is 11.8 Å². The Balaban J connectivity index is 5.19. The smallest absolute Gasteiger partial charge is 0.462 e. The highest BCUT2D eigenvalue weighted by Crippen LogP contribution is 2.45. The fraction of sp³-hybridized carbons (Fsp3) is 0.949. The van der Waals surface area contributed by atoms with Gasteiger partial charge in [-0.15, -0.1) is 0 Å². The van der Waals surface area contributed by atoms with Crippen molar-refractivity contribution in [1.82, 2.24) is 0 Å². The molecule has 0 heterocycles. The Morgan fingerprint density at radius 2 is 0.495 bits per heavy atom. The second-order valence-corrected chi connectivity index (χ2v) is 31.5. The number of rotatable bonds is 77. The summed E-state index contributed by atoms with van der Waals surface area (Å²) < 4.78 is 68.5. The van der Waals surface area contributed by atoms with E-state index in [0.717, 1.165) is 102 Å². The molecule has 0 aromatic rings. The molecule has 0 bridgehead atoms. The molecule has 0 radical (unpaired) electrons. The molecule has 0 saturated carbocycles. The number of carbonyl (C=O) groups excluding carboxylic acids is 4. The van der Waals surface area contributed by atoms with E-state index in [0.29, 0.717) is 25.7 Å². The average Bonchev–Trinajstić information content (AvgIpc) is 1.86. The minimum absolute atomic E-state index is 0.103. The molecule has 0 aliphatic heterocycles. The van der Waals surface area contributed by atoms with Gasteiger partial charge in [-0.3, -0.25) is 37.3 Å². The maximum atomic E-state index is 13.1. The van der Waals surface area contributed by atoms with Crippen molar-refractivity contribution in [1.29, 1.82) is 0 Å². The van der Waals surface area contributed by atoms with Gasteiger partial charge in [-0.25, -0.2) is 9.13 Å². The van der Waals surface area contributed by atoms with Crippen LogP contribution in [0.2, 0.25) is 0 Å². The van der Waals surface area contributed by atoms with E-state index in [1.807, 2.05) is 0 Å². The van der Waals surface area contributed by atoms with Crippen LogP contribution in [0.4, 0.5) is 0 Å². The molecule has 0 saturated heterocycles. The quantitative estimate of drug-likeness (QED) is 0.0222. The first kappa shape index (κ1) is 95.1. The summed E-state index contributed by atoms with van der Waals surface area (Å²) in [4.78, 5) is 72.8. The van der Waals surface area contributed by atoms with Gasteiger partial charge in [0.1, 0.15) is 19.3 Å². The molecule has 97 heavy (non-hydrogen) atoms. The van der Waals surface area contributed by atoms with Gasteiger partial charge in [-0.1, -0.05) is 356 Å². The van der Waals surface area contributed by atoms with Crippen LogP contribution in [0.1, 0.15) is 408 Å². The number of carbonyl (C=O) groups is 4. The van der Waals surface area contributed by atoms with E-state index in [2.05, 4.69) is 41.5 Å². The van der Waals surface area contributed by atoms with Crippen LogP contribution in [0.15, 0.2) is 0 Å². The number of phosphoric acid groups is 2. The summed E-state index contributed by atoms with van der Waals surface area (Å²) in [5, 5.41) is 10.6. The molecule has 0 aliphatic rings. The lowest BCUT2D eigenvalue weighted by Crippen LogP contribution is -2.30. The summed E-state index contributed by atoms with van der Waals surface area (Å²) in [6.07, 6.45) is 58.3. The molecular weight excluding hydrogens is 1270 g/mol. The van der Waals surface area contributed by atoms with Crippen LogP contribution in [0.3, 0.4) is 0 Å². The van der Waals surface area contributed by atoms with Crippen LogP contribution in [0, 0.1) is 11.8 Å². The molecular formula is C78H152O17P2. The van der Waals surface area contributed by atoms with Gasteiger partial charge >= 0.3 is 39.5 Å². The SMILES string of the molecule is CCCCCCCCCCCCCCCCCC(=O)OC[C@H](COP(=O)(O)OC[C@@H](O)COP(=O)(O)OC[C@@H](COC(=O)CCCCCCCCCCCC)OC(=O)CCCCCCCCC(C)CC)OC(=O)CCCCCCCCCCCCCCCCCCCCC(C)CC. The minimum atomic E-state index is -4.96. The summed E-state index contributed by atoms with van der Waals surface area (Å²) in [7, 11) is -9.91. The van der Waals surface area contributed by atoms with E-state index in [1.54, 1.807) is 0 Å². The highest BCUT2D eigenvalue weighted by molar-refractivity contribution is 7.47. The molecule has 0 rings (SSSR count). The molecule has 0 fully saturated rings. The fourth-order valence-electron chi connectivity index (χ4n) is 11.9. The normalized spacial score (nSPS) is 14.5. The van der Waals surface area contributed by atoms with Gasteiger partial charge in [0.15, 0.2) is 12.2 Å². The number of esters is 4. The number of phosphoric ester groups is 2. The van der Waals surface area contributed by atoms with Gasteiger partial charge in [0.2, 0.25) is 0 Å². The topological polar surface area (TPSA) is 237 Å². The third kappa shape index (κ3) is 69.5. The van der Waals surface area contributed by atoms with E-state index in [4.69, 9.17) is 37.0 Å². The molecule has 0 amide bonds. The first-order valence-corrected chi connectivity index (χ1v) is 43.6. The van der Waals surface area contributed by atoms with Gasteiger partial charge in [0.25, 0.3) is 0 Å². The van der Waals surface area contributed by atoms with Crippen LogP contribution < -0.4 is 0 Å². The Kier molecular flexibility index (Phi) is 68.4. The second kappa shape index (κ2) is 69.8. The van der Waals surface area contributed by atoms with Crippen LogP contribution in [0.5, 0.6) is 0 Å². The van der Waals surface area contributed by atoms with Crippen molar-refractivity contribution in [3.63, 3.8) is 0 Å². The lowest BCUT2D eigenvalue weighted by Gasteiger charge is -2.21. The number of aliphatic hydroxyl groups excluding tert-OH is 1. The predicted octanol–water partition coefficient (Wildman–Crippen LogP) is 23.1. The third-order valence-corrected chi connectivity index (χ3v) is 20.8. The van der Waals surface area contributed by atoms with Crippen molar-refractivity contribution in [2.75, 3.05) is 39.6 Å². The van der Waals surface area contributed by atoms with Crippen molar-refractivity contribution in [2.45, 2.75) is 426 Å². The van der Waals surface area contributed by atoms with Crippen LogP contribution >= 0.6 is 15.6 Å². The molecule has 17 nitrogen and oxygen atoms in total. The predicted molar refractivity (Wildman–Crippen MR) is 395 cm³/mol. The molecule has 4 unspecified atom stereocenters. The summed E-state index contributed by atoms with van der Waals surface area (Å²) in [6, 6.07) is 0. The minimum Gasteiger partial charge on any atom is -0.462 e. The molecule has 19 heteroatoms. The molecule has 3 N–H and O–H groups in total. The summed E-state index contributed by atoms with van der Waals surface area (Å²) in [5.41, 5.74) is 0. The molecule has 0 aromatic heterocycles.